The molecule has 4 aromatic heterocycles. The first kappa shape index (κ1) is 35.6. The molecule has 0 aliphatic carbocycles. The van der Waals surface area contributed by atoms with Gasteiger partial charge in [0.25, 0.3) is 0 Å². The van der Waals surface area contributed by atoms with Crippen LogP contribution in [-0.2, 0) is 25.5 Å². The third kappa shape index (κ3) is 8.45. The van der Waals surface area contributed by atoms with Crippen molar-refractivity contribution >= 4 is 50.8 Å². The van der Waals surface area contributed by atoms with Crippen LogP contribution in [0, 0.1) is 18.1 Å². The summed E-state index contributed by atoms with van der Waals surface area (Å²) in [5.41, 5.74) is 10.1. The van der Waals surface area contributed by atoms with Crippen LogP contribution in [0.15, 0.2) is 168 Å². The topological polar surface area (TPSA) is 56.7 Å². The van der Waals surface area contributed by atoms with E-state index in [1.807, 2.05) is 59.7 Å². The van der Waals surface area contributed by atoms with E-state index in [1.54, 1.807) is 6.07 Å². The molecule has 0 saturated carbocycles. The molecule has 4 heterocycles. The average Bonchev–Trinajstić information content (AvgIpc) is 3.87. The number of benzene rings is 6. The molecule has 0 unspecified atom stereocenters. The number of rotatable bonds is 6. The van der Waals surface area contributed by atoms with Crippen LogP contribution in [0.25, 0.3) is 83.7 Å². The van der Waals surface area contributed by atoms with Crippen LogP contribution >= 0.6 is 0 Å². The quantitative estimate of drug-likeness (QED) is 0.0946. The van der Waals surface area contributed by atoms with Crippen molar-refractivity contribution in [1.29, 1.82) is 0 Å². The minimum absolute atomic E-state index is 0. The molecule has 309 valence electrons. The largest absolute Gasteiger partial charge is 0 e. The maximum atomic E-state index is 14.1. The molecule has 0 fully saturated rings. The Morgan fingerprint density at radius 2 is 1.42 bits per heavy atom. The molecule has 6 aromatic carbocycles. The summed E-state index contributed by atoms with van der Waals surface area (Å²) < 4.78 is 70.5. The summed E-state index contributed by atoms with van der Waals surface area (Å²) in [6.07, 6.45) is -0.00934. The van der Waals surface area contributed by atoms with Gasteiger partial charge in [-0.25, -0.2) is 0 Å². The van der Waals surface area contributed by atoms with E-state index in [0.717, 1.165) is 49.7 Å². The van der Waals surface area contributed by atoms with Crippen LogP contribution in [0.5, 0.6) is 0 Å². The van der Waals surface area contributed by atoms with Crippen molar-refractivity contribution in [1.82, 2.24) is 19.5 Å². The Labute approximate surface area is 386 Å². The number of hydrogen-bond acceptors (Lipinski definition) is 4. The van der Waals surface area contributed by atoms with Gasteiger partial charge in [0.1, 0.15) is 0 Å². The molecule has 0 aliphatic rings. The van der Waals surface area contributed by atoms with Crippen LogP contribution in [0.3, 0.4) is 0 Å². The number of para-hydroxylation sites is 2. The molecule has 5 nitrogen and oxygen atoms in total. The summed E-state index contributed by atoms with van der Waals surface area (Å²) in [4.78, 5) is 13.4. The summed E-state index contributed by atoms with van der Waals surface area (Å²) in [5.74, 6) is 6.21. The van der Waals surface area contributed by atoms with E-state index >= 15 is 0 Å². The Morgan fingerprint density at radius 3 is 2.08 bits per heavy atom. The second-order valence-electron chi connectivity index (χ2n) is 16.9. The number of nitrogens with zero attached hydrogens (tertiary/aromatic N) is 4. The fourth-order valence-corrected chi connectivity index (χ4v) is 9.09. The molecular formula is C54H45FGeIrN4O-2. The van der Waals surface area contributed by atoms with Crippen molar-refractivity contribution in [2.75, 3.05) is 0 Å². The minimum Gasteiger partial charge on any atom is 0 e. The number of imidazole rings is 1. The van der Waals surface area contributed by atoms with Crippen LogP contribution in [0.4, 0.5) is 4.39 Å². The average molecular weight is 1060 g/mol. The molecular weight excluding hydrogens is 1000 g/mol. The molecule has 10 rings (SSSR count). The van der Waals surface area contributed by atoms with Gasteiger partial charge in [0.2, 0.25) is 11.7 Å². The summed E-state index contributed by atoms with van der Waals surface area (Å²) in [6.45, 7) is 6.74. The fourth-order valence-electron chi connectivity index (χ4n) is 7.35. The van der Waals surface area contributed by atoms with E-state index in [9.17, 15) is 4.39 Å². The van der Waals surface area contributed by atoms with Crippen molar-refractivity contribution in [2.24, 2.45) is 0 Å². The van der Waals surface area contributed by atoms with Crippen molar-refractivity contribution < 1.29 is 37.1 Å². The Bertz CT molecular complexity index is 3450. The molecule has 1 radical (unpaired) electrons. The molecule has 0 amide bonds. The van der Waals surface area contributed by atoms with Gasteiger partial charge in [-0.2, -0.15) is 9.37 Å². The Kier molecular flexibility index (Phi) is 9.99. The van der Waals surface area contributed by atoms with Gasteiger partial charge in [-0.15, -0.1) is 18.2 Å². The zero-order chi connectivity index (χ0) is 47.5. The first-order valence-corrected chi connectivity index (χ1v) is 27.4. The third-order valence-electron chi connectivity index (χ3n) is 10.6. The number of halogens is 1. The van der Waals surface area contributed by atoms with Gasteiger partial charge < -0.3 is 8.98 Å². The van der Waals surface area contributed by atoms with Crippen molar-refractivity contribution in [3.8, 4) is 50.6 Å². The standard InChI is InChI=1S/C40H29FN3O.C14H16GeN.Ir/c1-40(2,3)27-23-31(25-13-6-4-7-14-25)36(32(24-27)26-15-8-5-9-16-26)44-34-20-11-10-19-33(34)42-38(44)30-18-12-17-28-29-21-22-35(41)43-39(29)45-37(28)30;1-15(2,3)13-9-10-14(16-11-13)12-7-5-4-6-8-12;/h4-17,19-24H,1-3H3;4-7,9-11H,1-3H3;/q2*-1;/i;4D,5D,6D,9D,10D,11D;. The normalized spacial score (nSPS) is 13.0. The van der Waals surface area contributed by atoms with E-state index in [0.29, 0.717) is 21.4 Å². The number of pyridine rings is 2. The smallest absolute Gasteiger partial charge is 0 e. The maximum absolute atomic E-state index is 14.1. The van der Waals surface area contributed by atoms with Gasteiger partial charge >= 0.3 is 108 Å². The van der Waals surface area contributed by atoms with Gasteiger partial charge in [0.05, 0.1) is 28.1 Å². The van der Waals surface area contributed by atoms with Gasteiger partial charge in [-0.05, 0) is 58.5 Å². The molecule has 0 aliphatic heterocycles. The monoisotopic (exact) mass is 1060 g/mol. The zero-order valence-corrected chi connectivity index (χ0v) is 39.5. The molecule has 0 spiro atoms. The number of fused-ring (bicyclic) bond motifs is 4. The van der Waals surface area contributed by atoms with Gasteiger partial charge in [0, 0.05) is 36.6 Å². The van der Waals surface area contributed by atoms with Gasteiger partial charge in [-0.1, -0.05) is 105 Å². The van der Waals surface area contributed by atoms with E-state index in [4.69, 9.17) is 17.6 Å². The third-order valence-corrected chi connectivity index (χ3v) is 14.2. The van der Waals surface area contributed by atoms with E-state index in [1.165, 1.54) is 17.7 Å². The predicted octanol–water partition coefficient (Wildman–Crippen LogP) is 13.6. The Balaban J connectivity index is 0.000000230. The first-order valence-electron chi connectivity index (χ1n) is 23.1. The second kappa shape index (κ2) is 17.4. The first-order chi connectivity index (χ1) is 31.9. The number of aromatic nitrogens is 4. The Morgan fingerprint density at radius 1 is 0.742 bits per heavy atom. The summed E-state index contributed by atoms with van der Waals surface area (Å²) in [6, 6.07) is 47.3. The van der Waals surface area contributed by atoms with Gasteiger partial charge in [0.15, 0.2) is 0 Å². The molecule has 0 saturated heterocycles. The molecule has 62 heavy (non-hydrogen) atoms. The van der Waals surface area contributed by atoms with Crippen LogP contribution in [0.2, 0.25) is 17.3 Å². The minimum atomic E-state index is -2.51. The summed E-state index contributed by atoms with van der Waals surface area (Å²) >= 11 is -2.51. The van der Waals surface area contributed by atoms with E-state index in [-0.39, 0.29) is 78.9 Å². The van der Waals surface area contributed by atoms with Crippen LogP contribution in [-0.4, -0.2) is 32.8 Å². The summed E-state index contributed by atoms with van der Waals surface area (Å²) in [7, 11) is 0. The van der Waals surface area contributed by atoms with Crippen LogP contribution in [0.1, 0.15) is 34.6 Å². The second-order valence-corrected chi connectivity index (χ2v) is 27.4. The van der Waals surface area contributed by atoms with Crippen LogP contribution < -0.4 is 4.40 Å². The molecule has 8 heteroatoms. The van der Waals surface area contributed by atoms with E-state index in [2.05, 4.69) is 114 Å². The summed E-state index contributed by atoms with van der Waals surface area (Å²) in [5, 5.41) is 1.58. The fraction of sp³-hybridized carbons (Fsp3) is 0.130. The number of hydrogen-bond donors (Lipinski definition) is 0. The van der Waals surface area contributed by atoms with E-state index < -0.39 is 19.2 Å². The van der Waals surface area contributed by atoms with Crippen molar-refractivity contribution in [2.45, 2.75) is 43.5 Å². The molecule has 0 atom stereocenters. The SMILES string of the molecule is CC(C)(C)c1cc(-c2ccccc2)c(-n2c(-c3[c-]ccc4c3oc3nc(F)ccc34)nc3ccccc32)c(-c2ccccc2)c1.[2H]c1[c-]c(-c2nc([2H])[c]([Ge]([CH3])([CH3])[CH3])c([2H])c2[2H])cc([2H])c1[2H].[Ir]. The Hall–Kier alpha value is -5.99. The van der Waals surface area contributed by atoms with Crippen molar-refractivity contribution in [3.05, 3.63) is 187 Å². The molecule has 0 N–H and O–H groups in total. The van der Waals surface area contributed by atoms with Gasteiger partial charge in [-0.3, -0.25) is 4.98 Å². The molecule has 0 bridgehead atoms. The predicted molar refractivity (Wildman–Crippen MR) is 251 cm³/mol. The zero-order valence-electron chi connectivity index (χ0n) is 41.0. The molecule has 10 aromatic rings. The van der Waals surface area contributed by atoms with Crippen molar-refractivity contribution in [3.63, 3.8) is 0 Å². The maximum Gasteiger partial charge on any atom is 0 e. The number of furan rings is 1.